The SMILES string of the molecule is CCCCCCCCCCCC[C@@H](OC(=O)[C@@](OC)(c1ccccc1)C(F)(F)F)[C@H]1CC[C@H]([C@@H](CCC[C@H](OC(=O)[C@@](OC)(c2ccccc2)C(F)(F)F)[C@@H](CCCCC[C@@H]2C[C@H](CC(C)=O)C(=O)O2)OC(=O)[C@@](OC)(c2ccccc2)C(F)(F)F)OC(=O)[C@@](OC)(c2ccccc2)C(F)(F)F)O1. The van der Waals surface area contributed by atoms with Gasteiger partial charge in [-0.25, -0.2) is 19.2 Å². The van der Waals surface area contributed by atoms with E-state index in [1.807, 2.05) is 0 Å². The molecule has 0 unspecified atom stereocenters. The third-order valence-corrected chi connectivity index (χ3v) is 19.1. The fraction of sp³-hybridized carbons (Fsp3) is 0.600. The number of methoxy groups -OCH3 is 4. The van der Waals surface area contributed by atoms with E-state index in [0.29, 0.717) is 41.3 Å². The molecule has 572 valence electrons. The standard InChI is InChI=1S/C75H92F12O16/c1-7-8-9-10-11-12-13-14-15-30-42-58(101-65(91)69(95-4,73(79,80)81)53-35-23-17-24-36-53)61-46-47-62(99-61)60(103-67(93)71(97-6,75(85,86)87)55-39-27-19-28-40-55)45-32-44-59(102-66(92)70(96-5,74(82,83)84)54-37-25-18-26-38-54)57(43-31-20-29-41-56-49-51(48-50(2)88)63(89)98-56)100-64(90)68(94-3,72(76,77)78)52-33-21-16-22-34-52/h16-19,21-28,33-40,51,56-62H,7-15,20,29-32,41-49H2,1-6H3/t51-,56+,57+,58+,59-,60+,61+,62+,68-,69-,70-,71-/m0/s1. The lowest BCUT2D eigenvalue weighted by Crippen LogP contribution is -2.55. The van der Waals surface area contributed by atoms with Gasteiger partial charge in [-0.3, -0.25) is 4.79 Å². The summed E-state index contributed by atoms with van der Waals surface area (Å²) in [5.41, 5.74) is -18.7. The van der Waals surface area contributed by atoms with Crippen LogP contribution in [0.4, 0.5) is 52.7 Å². The van der Waals surface area contributed by atoms with Crippen LogP contribution < -0.4 is 0 Å². The number of esters is 5. The molecule has 2 fully saturated rings. The third kappa shape index (κ3) is 20.5. The zero-order valence-corrected chi connectivity index (χ0v) is 58.5. The fourth-order valence-electron chi connectivity index (χ4n) is 13.6. The summed E-state index contributed by atoms with van der Waals surface area (Å²) < 4.78 is 244. The van der Waals surface area contributed by atoms with Crippen molar-refractivity contribution >= 4 is 35.6 Å². The summed E-state index contributed by atoms with van der Waals surface area (Å²) in [4.78, 5) is 83.2. The van der Waals surface area contributed by atoms with E-state index < -0.39 is 174 Å². The van der Waals surface area contributed by atoms with E-state index in [4.69, 9.17) is 47.4 Å². The number of rotatable bonds is 42. The lowest BCUT2D eigenvalue weighted by atomic mass is 9.91. The summed E-state index contributed by atoms with van der Waals surface area (Å²) in [6.45, 7) is 3.39. The number of hydrogen-bond acceptors (Lipinski definition) is 16. The van der Waals surface area contributed by atoms with Crippen LogP contribution in [-0.4, -0.2) is 132 Å². The Hall–Kier alpha value is -7.14. The molecule has 4 aromatic rings. The van der Waals surface area contributed by atoms with Gasteiger partial charge in [-0.15, -0.1) is 0 Å². The second-order valence-corrected chi connectivity index (χ2v) is 26.0. The molecule has 2 saturated heterocycles. The summed E-state index contributed by atoms with van der Waals surface area (Å²) in [7, 11) is 2.30. The van der Waals surface area contributed by atoms with Crippen LogP contribution in [0.25, 0.3) is 0 Å². The zero-order chi connectivity index (χ0) is 75.9. The third-order valence-electron chi connectivity index (χ3n) is 19.1. The Balaban J connectivity index is 1.45. The molecule has 0 saturated carbocycles. The van der Waals surface area contributed by atoms with Crippen LogP contribution in [-0.2, 0) is 98.5 Å². The number of ether oxygens (including phenoxy) is 10. The summed E-state index contributed by atoms with van der Waals surface area (Å²) in [5.74, 6) is -10.0. The van der Waals surface area contributed by atoms with E-state index in [1.54, 1.807) is 0 Å². The molecule has 2 aliphatic heterocycles. The van der Waals surface area contributed by atoms with Crippen molar-refractivity contribution in [2.24, 2.45) is 5.92 Å². The van der Waals surface area contributed by atoms with Gasteiger partial charge in [0.25, 0.3) is 22.4 Å². The minimum Gasteiger partial charge on any atom is -0.462 e. The Morgan fingerprint density at radius 2 is 0.718 bits per heavy atom. The number of carbonyl (C=O) groups excluding carboxylic acids is 6. The van der Waals surface area contributed by atoms with Gasteiger partial charge < -0.3 is 52.2 Å². The molecule has 12 atom stereocenters. The van der Waals surface area contributed by atoms with Gasteiger partial charge in [0, 0.05) is 57.1 Å². The number of alkyl halides is 12. The molecule has 6 rings (SSSR count). The largest absolute Gasteiger partial charge is 0.462 e. The van der Waals surface area contributed by atoms with Crippen LogP contribution in [0.5, 0.6) is 0 Å². The maximum absolute atomic E-state index is 15.8. The minimum absolute atomic E-state index is 0.0760. The molecular weight excluding hydrogens is 1380 g/mol. The summed E-state index contributed by atoms with van der Waals surface area (Å²) in [5, 5.41) is 0. The highest BCUT2D eigenvalue weighted by Crippen LogP contribution is 2.49. The first-order valence-electron chi connectivity index (χ1n) is 34.7. The average Bonchev–Trinajstić information content (AvgIpc) is 0.928. The highest BCUT2D eigenvalue weighted by molar-refractivity contribution is 5.86. The maximum Gasteiger partial charge on any atom is 0.432 e. The summed E-state index contributed by atoms with van der Waals surface area (Å²) in [6, 6.07) is 22.1. The van der Waals surface area contributed by atoms with Crippen molar-refractivity contribution in [3.63, 3.8) is 0 Å². The molecule has 0 bridgehead atoms. The zero-order valence-electron chi connectivity index (χ0n) is 58.5. The molecule has 0 aliphatic carbocycles. The highest BCUT2D eigenvalue weighted by atomic mass is 19.4. The van der Waals surface area contributed by atoms with Crippen LogP contribution in [0, 0.1) is 5.92 Å². The Morgan fingerprint density at radius 1 is 0.417 bits per heavy atom. The van der Waals surface area contributed by atoms with Gasteiger partial charge in [-0.1, -0.05) is 192 Å². The molecule has 4 aromatic carbocycles. The molecule has 16 nitrogen and oxygen atoms in total. The number of hydrogen-bond donors (Lipinski definition) is 0. The number of carbonyl (C=O) groups is 6. The van der Waals surface area contributed by atoms with E-state index in [1.165, 1.54) is 55.5 Å². The van der Waals surface area contributed by atoms with Crippen LogP contribution in [0.1, 0.15) is 184 Å². The molecule has 0 aromatic heterocycles. The number of benzene rings is 4. The van der Waals surface area contributed by atoms with Crippen LogP contribution >= 0.6 is 0 Å². The summed E-state index contributed by atoms with van der Waals surface area (Å²) in [6.07, 6.45) is -28.9. The van der Waals surface area contributed by atoms with E-state index in [9.17, 15) is 28.8 Å². The molecule has 0 amide bonds. The Morgan fingerprint density at radius 3 is 1.05 bits per heavy atom. The number of Topliss-reactive ketones (excluding diaryl/α,β-unsaturated/α-hetero) is 1. The van der Waals surface area contributed by atoms with Gasteiger partial charge in [0.15, 0.2) is 0 Å². The van der Waals surface area contributed by atoms with E-state index >= 15 is 52.7 Å². The van der Waals surface area contributed by atoms with Crippen molar-refractivity contribution < 1.29 is 129 Å². The normalized spacial score (nSPS) is 20.2. The van der Waals surface area contributed by atoms with Crippen LogP contribution in [0.2, 0.25) is 0 Å². The first kappa shape index (κ1) is 84.8. The number of ketones is 1. The lowest BCUT2D eigenvalue weighted by molar-refractivity contribution is -0.285. The van der Waals surface area contributed by atoms with Gasteiger partial charge in [-0.2, -0.15) is 52.7 Å². The van der Waals surface area contributed by atoms with Crippen LogP contribution in [0.15, 0.2) is 121 Å². The van der Waals surface area contributed by atoms with Crippen molar-refractivity contribution in [3.8, 4) is 0 Å². The predicted molar refractivity (Wildman–Crippen MR) is 349 cm³/mol. The molecule has 0 radical (unpaired) electrons. The van der Waals surface area contributed by atoms with Crippen molar-refractivity contribution in [1.82, 2.24) is 0 Å². The number of unbranched alkanes of at least 4 members (excludes halogenated alkanes) is 11. The molecular formula is C75H92F12O16. The van der Waals surface area contributed by atoms with Gasteiger partial charge in [0.2, 0.25) is 0 Å². The van der Waals surface area contributed by atoms with Crippen molar-refractivity contribution in [2.75, 3.05) is 28.4 Å². The van der Waals surface area contributed by atoms with Gasteiger partial charge in [0.05, 0.1) is 18.1 Å². The molecule has 28 heteroatoms. The first-order valence-corrected chi connectivity index (χ1v) is 34.7. The fourth-order valence-corrected chi connectivity index (χ4v) is 13.6. The molecule has 2 aliphatic rings. The molecule has 0 N–H and O–H groups in total. The second kappa shape index (κ2) is 38.2. The van der Waals surface area contributed by atoms with E-state index in [-0.39, 0.29) is 70.0 Å². The van der Waals surface area contributed by atoms with E-state index in [0.717, 1.165) is 118 Å². The summed E-state index contributed by atoms with van der Waals surface area (Å²) >= 11 is 0. The van der Waals surface area contributed by atoms with Crippen LogP contribution in [0.3, 0.4) is 0 Å². The van der Waals surface area contributed by atoms with Gasteiger partial charge >= 0.3 is 54.6 Å². The molecule has 0 spiro atoms. The second-order valence-electron chi connectivity index (χ2n) is 26.0. The van der Waals surface area contributed by atoms with Crippen molar-refractivity contribution in [3.05, 3.63) is 144 Å². The van der Waals surface area contributed by atoms with E-state index in [2.05, 4.69) is 6.92 Å². The average molecular weight is 1480 g/mol. The van der Waals surface area contributed by atoms with Gasteiger partial charge in [0.1, 0.15) is 36.3 Å². The smallest absolute Gasteiger partial charge is 0.432 e. The Bertz CT molecular complexity index is 3290. The lowest BCUT2D eigenvalue weighted by Gasteiger charge is -2.37. The Labute approximate surface area is 591 Å². The quantitative estimate of drug-likeness (QED) is 0.0176. The van der Waals surface area contributed by atoms with Crippen molar-refractivity contribution in [1.29, 1.82) is 0 Å². The minimum atomic E-state index is -5.70. The predicted octanol–water partition coefficient (Wildman–Crippen LogP) is 16.9. The van der Waals surface area contributed by atoms with Gasteiger partial charge in [-0.05, 0) is 84.0 Å². The molecule has 2 heterocycles. The number of halogens is 12. The van der Waals surface area contributed by atoms with Crippen molar-refractivity contribution in [2.45, 2.75) is 251 Å². The number of cyclic esters (lactones) is 1. The maximum atomic E-state index is 15.8. The monoisotopic (exact) mass is 1480 g/mol. The first-order chi connectivity index (χ1) is 48.8. The highest BCUT2D eigenvalue weighted by Gasteiger charge is 2.68. The Kier molecular flexibility index (Phi) is 31.5. The topological polar surface area (TPSA) is 195 Å². The molecule has 103 heavy (non-hydrogen) atoms.